The molecule has 6 atom stereocenters. The molecule has 29 heavy (non-hydrogen) atoms. The van der Waals surface area contributed by atoms with Crippen LogP contribution in [0.1, 0.15) is 22.3 Å². The number of imide groups is 1. The number of nitrogens with zero attached hydrogens (tertiary/aromatic N) is 1. The van der Waals surface area contributed by atoms with Crippen LogP contribution in [0.5, 0.6) is 0 Å². The number of carbonyl (C=O) groups excluding carboxylic acids is 3. The number of hydrogen-bond acceptors (Lipinski definition) is 3. The maximum atomic E-state index is 13.4. The molecule has 4 nitrogen and oxygen atoms in total. The summed E-state index contributed by atoms with van der Waals surface area (Å²) in [4.78, 5) is 41.3. The summed E-state index contributed by atoms with van der Waals surface area (Å²) in [6.45, 7) is 0. The van der Waals surface area contributed by atoms with E-state index in [1.807, 2.05) is 6.07 Å². The second-order valence-corrected chi connectivity index (χ2v) is 8.96. The summed E-state index contributed by atoms with van der Waals surface area (Å²) < 4.78 is 0. The Morgan fingerprint density at radius 3 is 2.14 bits per heavy atom. The van der Waals surface area contributed by atoms with Crippen LogP contribution in [-0.2, 0) is 9.59 Å². The molecule has 7 rings (SSSR count). The molecule has 4 aliphatic carbocycles. The van der Waals surface area contributed by atoms with Gasteiger partial charge in [-0.2, -0.15) is 0 Å². The number of benzene rings is 2. The Labute approximate surface area is 173 Å². The summed E-state index contributed by atoms with van der Waals surface area (Å²) in [5.41, 5.74) is 1.13. The number of carbonyl (C=O) groups is 3. The summed E-state index contributed by atoms with van der Waals surface area (Å²) in [7, 11) is 0. The largest absolute Gasteiger partial charge is 0.289 e. The molecular formula is C24H18ClNO3. The van der Waals surface area contributed by atoms with Crippen molar-refractivity contribution in [3.8, 4) is 0 Å². The molecule has 0 aromatic heterocycles. The Hall–Kier alpha value is -2.72. The van der Waals surface area contributed by atoms with Crippen molar-refractivity contribution in [3.63, 3.8) is 0 Å². The number of anilines is 1. The van der Waals surface area contributed by atoms with Crippen molar-refractivity contribution < 1.29 is 14.4 Å². The average Bonchev–Trinajstić information content (AvgIpc) is 3.52. The van der Waals surface area contributed by atoms with E-state index in [2.05, 4.69) is 12.2 Å². The number of rotatable bonds is 3. The quantitative estimate of drug-likeness (QED) is 0.440. The molecule has 2 bridgehead atoms. The van der Waals surface area contributed by atoms with Crippen molar-refractivity contribution in [2.45, 2.75) is 6.42 Å². The fourth-order valence-corrected chi connectivity index (χ4v) is 6.00. The average molecular weight is 404 g/mol. The number of allylic oxidation sites excluding steroid dienone is 2. The van der Waals surface area contributed by atoms with Gasteiger partial charge in [0.25, 0.3) is 0 Å². The van der Waals surface area contributed by atoms with Gasteiger partial charge in [0, 0.05) is 16.1 Å². The topological polar surface area (TPSA) is 54.5 Å². The molecule has 1 saturated heterocycles. The van der Waals surface area contributed by atoms with E-state index in [0.717, 1.165) is 6.42 Å². The highest BCUT2D eigenvalue weighted by atomic mass is 35.5. The predicted octanol–water partition coefficient (Wildman–Crippen LogP) is 4.13. The van der Waals surface area contributed by atoms with Crippen LogP contribution in [0, 0.1) is 35.5 Å². The van der Waals surface area contributed by atoms with Crippen molar-refractivity contribution in [2.24, 2.45) is 35.5 Å². The van der Waals surface area contributed by atoms with Crippen LogP contribution in [0.4, 0.5) is 5.69 Å². The van der Waals surface area contributed by atoms with Gasteiger partial charge in [-0.1, -0.05) is 54.1 Å². The molecule has 0 spiro atoms. The maximum absolute atomic E-state index is 13.4. The van der Waals surface area contributed by atoms with Crippen molar-refractivity contribution in [1.29, 1.82) is 0 Å². The molecule has 0 N–H and O–H groups in total. The lowest BCUT2D eigenvalue weighted by Crippen LogP contribution is -2.40. The van der Waals surface area contributed by atoms with Crippen LogP contribution in [-0.4, -0.2) is 17.6 Å². The van der Waals surface area contributed by atoms with E-state index in [4.69, 9.17) is 11.6 Å². The Bertz CT molecular complexity index is 1070. The Kier molecular flexibility index (Phi) is 3.49. The second-order valence-electron chi connectivity index (χ2n) is 8.52. The van der Waals surface area contributed by atoms with Gasteiger partial charge in [-0.3, -0.25) is 14.4 Å². The van der Waals surface area contributed by atoms with Crippen molar-refractivity contribution in [3.05, 3.63) is 76.8 Å². The van der Waals surface area contributed by atoms with Crippen LogP contribution in [0.2, 0.25) is 5.02 Å². The molecule has 5 aliphatic rings. The number of amides is 2. The molecule has 0 radical (unpaired) electrons. The summed E-state index contributed by atoms with van der Waals surface area (Å²) in [6.07, 6.45) is 5.41. The van der Waals surface area contributed by atoms with Crippen molar-refractivity contribution in [1.82, 2.24) is 0 Å². The Morgan fingerprint density at radius 1 is 0.897 bits per heavy atom. The van der Waals surface area contributed by atoms with Gasteiger partial charge in [-0.25, -0.2) is 4.90 Å². The predicted molar refractivity (Wildman–Crippen MR) is 109 cm³/mol. The lowest BCUT2D eigenvalue weighted by molar-refractivity contribution is -0.124. The zero-order valence-electron chi connectivity index (χ0n) is 15.5. The standard InChI is InChI=1S/C24H18ClNO3/c25-13-6-9-19(18(10-13)22(27)12-4-2-1-3-5-12)26-23(28)20-14-7-8-15(17-11-16(14)17)21(20)24(26)29/h1-10,14-17,20-21H,11H2/t14-,15-,16-,17+,20+,21+/m0/s1. The first-order chi connectivity index (χ1) is 14.1. The fraction of sp³-hybridized carbons (Fsp3) is 0.292. The van der Waals surface area contributed by atoms with E-state index in [-0.39, 0.29) is 46.8 Å². The van der Waals surface area contributed by atoms with E-state index >= 15 is 0 Å². The normalized spacial score (nSPS) is 33.6. The van der Waals surface area contributed by atoms with Gasteiger partial charge in [0.2, 0.25) is 11.8 Å². The van der Waals surface area contributed by atoms with E-state index in [0.29, 0.717) is 28.1 Å². The summed E-state index contributed by atoms with van der Waals surface area (Å²) >= 11 is 6.18. The number of halogens is 1. The zero-order chi connectivity index (χ0) is 19.9. The molecule has 2 amide bonds. The smallest absolute Gasteiger partial charge is 0.238 e. The van der Waals surface area contributed by atoms with E-state index in [9.17, 15) is 14.4 Å². The van der Waals surface area contributed by atoms with Gasteiger partial charge in [0.05, 0.1) is 17.5 Å². The lowest BCUT2D eigenvalue weighted by atomic mass is 9.63. The van der Waals surface area contributed by atoms with Crippen LogP contribution in [0.25, 0.3) is 0 Å². The monoisotopic (exact) mass is 403 g/mol. The molecule has 2 aromatic rings. The molecule has 1 aliphatic heterocycles. The third-order valence-electron chi connectivity index (χ3n) is 7.14. The van der Waals surface area contributed by atoms with E-state index in [1.165, 1.54) is 4.90 Å². The number of ketones is 1. The lowest BCUT2D eigenvalue weighted by Gasteiger charge is -2.37. The van der Waals surface area contributed by atoms with Gasteiger partial charge >= 0.3 is 0 Å². The number of hydrogen-bond donors (Lipinski definition) is 0. The van der Waals surface area contributed by atoms with Crippen LogP contribution < -0.4 is 4.90 Å². The summed E-state index contributed by atoms with van der Waals surface area (Å²) in [5, 5.41) is 0.396. The highest BCUT2D eigenvalue weighted by Crippen LogP contribution is 2.65. The van der Waals surface area contributed by atoms with Crippen molar-refractivity contribution >= 4 is 34.9 Å². The van der Waals surface area contributed by atoms with Crippen LogP contribution in [0.15, 0.2) is 60.7 Å². The Morgan fingerprint density at radius 2 is 1.52 bits per heavy atom. The summed E-state index contributed by atoms with van der Waals surface area (Å²) in [5.74, 6) is 0.199. The molecule has 2 aromatic carbocycles. The molecule has 3 fully saturated rings. The first-order valence-electron chi connectivity index (χ1n) is 10.0. The van der Waals surface area contributed by atoms with Gasteiger partial charge < -0.3 is 0 Å². The third-order valence-corrected chi connectivity index (χ3v) is 7.38. The first-order valence-corrected chi connectivity index (χ1v) is 10.4. The molecule has 0 unspecified atom stereocenters. The minimum atomic E-state index is -0.295. The van der Waals surface area contributed by atoms with E-state index in [1.54, 1.807) is 42.5 Å². The van der Waals surface area contributed by atoms with Gasteiger partial charge in [-0.05, 0) is 48.3 Å². The Balaban J connectivity index is 1.45. The molecule has 5 heteroatoms. The molecule has 1 heterocycles. The minimum absolute atomic E-state index is 0.150. The zero-order valence-corrected chi connectivity index (χ0v) is 16.3. The summed E-state index contributed by atoms with van der Waals surface area (Å²) in [6, 6.07) is 13.7. The molecule has 144 valence electrons. The van der Waals surface area contributed by atoms with Gasteiger partial charge in [-0.15, -0.1) is 0 Å². The highest BCUT2D eigenvalue weighted by Gasteiger charge is 2.67. The molecule has 2 saturated carbocycles. The van der Waals surface area contributed by atoms with Gasteiger partial charge in [0.1, 0.15) is 0 Å². The second kappa shape index (κ2) is 5.90. The van der Waals surface area contributed by atoms with E-state index < -0.39 is 0 Å². The third kappa shape index (κ3) is 2.29. The fourth-order valence-electron chi connectivity index (χ4n) is 5.82. The first kappa shape index (κ1) is 17.2. The maximum Gasteiger partial charge on any atom is 0.238 e. The van der Waals surface area contributed by atoms with Crippen LogP contribution >= 0.6 is 11.6 Å². The van der Waals surface area contributed by atoms with Crippen molar-refractivity contribution in [2.75, 3.05) is 4.90 Å². The van der Waals surface area contributed by atoms with Crippen LogP contribution in [0.3, 0.4) is 0 Å². The SMILES string of the molecule is O=C(c1ccccc1)c1cc(Cl)ccc1N1C(=O)[C@@H]2[C@H]3C=C[C@@H]([C@@H]4C[C@H]34)[C@H]2C1=O. The highest BCUT2D eigenvalue weighted by molar-refractivity contribution is 6.32. The molecular weight excluding hydrogens is 386 g/mol. The minimum Gasteiger partial charge on any atom is -0.289 e. The van der Waals surface area contributed by atoms with Gasteiger partial charge in [0.15, 0.2) is 5.78 Å².